The van der Waals surface area contributed by atoms with Gasteiger partial charge in [-0.15, -0.1) is 0 Å². The molecule has 0 fully saturated rings. The van der Waals surface area contributed by atoms with Crippen molar-refractivity contribution in [2.24, 2.45) is 0 Å². The molecule has 1 N–H and O–H groups in total. The molecule has 0 aliphatic carbocycles. The Balaban J connectivity index is 1.97. The minimum absolute atomic E-state index is 0.290. The van der Waals surface area contributed by atoms with Gasteiger partial charge in [0.05, 0.1) is 5.56 Å². The molecule has 0 saturated heterocycles. The van der Waals surface area contributed by atoms with Crippen LogP contribution >= 0.6 is 15.9 Å². The molecule has 0 saturated carbocycles. The van der Waals surface area contributed by atoms with Crippen molar-refractivity contribution in [1.29, 1.82) is 0 Å². The first kappa shape index (κ1) is 13.9. The van der Waals surface area contributed by atoms with E-state index in [1.54, 1.807) is 12.1 Å². The van der Waals surface area contributed by atoms with Crippen LogP contribution in [0, 0.1) is 6.92 Å². The second kappa shape index (κ2) is 5.37. The molecule has 1 aromatic heterocycles. The summed E-state index contributed by atoms with van der Waals surface area (Å²) in [7, 11) is 0. The van der Waals surface area contributed by atoms with E-state index in [2.05, 4.69) is 57.9 Å². The Morgan fingerprint density at radius 1 is 1.19 bits per heavy atom. The van der Waals surface area contributed by atoms with Crippen molar-refractivity contribution in [1.82, 2.24) is 4.57 Å². The molecule has 4 heteroatoms. The lowest BCUT2D eigenvalue weighted by molar-refractivity contribution is 0.0697. The maximum absolute atomic E-state index is 11.0. The zero-order valence-electron chi connectivity index (χ0n) is 11.5. The Kier molecular flexibility index (Phi) is 3.55. The van der Waals surface area contributed by atoms with Crippen LogP contribution in [0.3, 0.4) is 0 Å². The molecule has 106 valence electrons. The van der Waals surface area contributed by atoms with E-state index in [1.165, 1.54) is 16.5 Å². The largest absolute Gasteiger partial charge is 0.478 e. The number of aromatic carboxylic acids is 1. The third-order valence-corrected chi connectivity index (χ3v) is 4.31. The number of aromatic nitrogens is 1. The number of hydrogen-bond donors (Lipinski definition) is 1. The molecule has 3 rings (SSSR count). The van der Waals surface area contributed by atoms with Crippen LogP contribution in [0.5, 0.6) is 0 Å². The van der Waals surface area contributed by atoms with Crippen LogP contribution in [0.4, 0.5) is 0 Å². The van der Waals surface area contributed by atoms with Crippen molar-refractivity contribution in [3.05, 3.63) is 69.8 Å². The number of halogens is 1. The SMILES string of the molecule is Cc1ccc2c(ccn2Cc2ccc(C(=O)O)cc2Br)c1. The van der Waals surface area contributed by atoms with Gasteiger partial charge in [-0.2, -0.15) is 0 Å². The summed E-state index contributed by atoms with van der Waals surface area (Å²) in [6, 6.07) is 13.6. The van der Waals surface area contributed by atoms with Gasteiger partial charge in [0.15, 0.2) is 0 Å². The van der Waals surface area contributed by atoms with Crippen LogP contribution in [0.1, 0.15) is 21.5 Å². The van der Waals surface area contributed by atoms with E-state index in [-0.39, 0.29) is 0 Å². The number of nitrogens with zero attached hydrogens (tertiary/aromatic N) is 1. The fraction of sp³-hybridized carbons (Fsp3) is 0.118. The van der Waals surface area contributed by atoms with E-state index in [1.807, 2.05) is 6.07 Å². The van der Waals surface area contributed by atoms with Gasteiger partial charge in [-0.05, 0) is 48.2 Å². The Morgan fingerprint density at radius 3 is 2.71 bits per heavy atom. The predicted octanol–water partition coefficient (Wildman–Crippen LogP) is 4.46. The number of carboxylic acids is 1. The standard InChI is InChI=1S/C17H14BrNO2/c1-11-2-5-16-12(8-11)6-7-19(16)10-14-4-3-13(17(20)21)9-15(14)18/h2-9H,10H2,1H3,(H,20,21). The number of hydrogen-bond acceptors (Lipinski definition) is 1. The highest BCUT2D eigenvalue weighted by atomic mass is 79.9. The van der Waals surface area contributed by atoms with Gasteiger partial charge in [0, 0.05) is 22.7 Å². The Hall–Kier alpha value is -2.07. The molecule has 0 atom stereocenters. The van der Waals surface area contributed by atoms with E-state index in [0.717, 1.165) is 10.0 Å². The number of carboxylic acid groups (broad SMARTS) is 1. The fourth-order valence-corrected chi connectivity index (χ4v) is 2.95. The number of carbonyl (C=O) groups is 1. The van der Waals surface area contributed by atoms with E-state index < -0.39 is 5.97 Å². The van der Waals surface area contributed by atoms with Gasteiger partial charge >= 0.3 is 5.97 Å². The van der Waals surface area contributed by atoms with E-state index in [4.69, 9.17) is 5.11 Å². The molecule has 21 heavy (non-hydrogen) atoms. The summed E-state index contributed by atoms with van der Waals surface area (Å²) in [4.78, 5) is 11.0. The Bertz CT molecular complexity index is 836. The number of aryl methyl sites for hydroxylation is 1. The fourth-order valence-electron chi connectivity index (χ4n) is 2.45. The van der Waals surface area contributed by atoms with Crippen molar-refractivity contribution < 1.29 is 9.90 Å². The average molecular weight is 344 g/mol. The number of fused-ring (bicyclic) bond motifs is 1. The quantitative estimate of drug-likeness (QED) is 0.762. The second-order valence-corrected chi connectivity index (χ2v) is 5.97. The second-order valence-electron chi connectivity index (χ2n) is 5.12. The van der Waals surface area contributed by atoms with Crippen molar-refractivity contribution in [2.45, 2.75) is 13.5 Å². The molecular formula is C17H14BrNO2. The number of rotatable bonds is 3. The van der Waals surface area contributed by atoms with Crippen LogP contribution in [0.2, 0.25) is 0 Å². The van der Waals surface area contributed by atoms with Crippen molar-refractivity contribution in [2.75, 3.05) is 0 Å². The van der Waals surface area contributed by atoms with Crippen LogP contribution < -0.4 is 0 Å². The average Bonchev–Trinajstić information content (AvgIpc) is 2.83. The van der Waals surface area contributed by atoms with Gasteiger partial charge in [-0.1, -0.05) is 33.6 Å². The molecule has 0 spiro atoms. The lowest BCUT2D eigenvalue weighted by atomic mass is 10.1. The first-order valence-electron chi connectivity index (χ1n) is 6.62. The normalized spacial score (nSPS) is 11.0. The lowest BCUT2D eigenvalue weighted by Crippen LogP contribution is -2.01. The molecule has 3 nitrogen and oxygen atoms in total. The summed E-state index contributed by atoms with van der Waals surface area (Å²) < 4.78 is 2.98. The predicted molar refractivity (Wildman–Crippen MR) is 86.9 cm³/mol. The maximum atomic E-state index is 11.0. The van der Waals surface area contributed by atoms with Gasteiger partial charge in [-0.25, -0.2) is 4.79 Å². The summed E-state index contributed by atoms with van der Waals surface area (Å²) in [5.41, 5.74) is 3.76. The first-order valence-corrected chi connectivity index (χ1v) is 7.41. The smallest absolute Gasteiger partial charge is 0.335 e. The van der Waals surface area contributed by atoms with Crippen molar-refractivity contribution >= 4 is 32.8 Å². The van der Waals surface area contributed by atoms with Gasteiger partial charge in [0.1, 0.15) is 0 Å². The van der Waals surface area contributed by atoms with Gasteiger partial charge in [0.2, 0.25) is 0 Å². The molecule has 3 aromatic rings. The molecule has 0 unspecified atom stereocenters. The summed E-state index contributed by atoms with van der Waals surface area (Å²) >= 11 is 3.46. The summed E-state index contributed by atoms with van der Waals surface area (Å²) in [5.74, 6) is -0.913. The highest BCUT2D eigenvalue weighted by Gasteiger charge is 2.08. The Labute approximate surface area is 131 Å². The minimum Gasteiger partial charge on any atom is -0.478 e. The first-order chi connectivity index (χ1) is 10.0. The minimum atomic E-state index is -0.913. The van der Waals surface area contributed by atoms with Gasteiger partial charge in [0.25, 0.3) is 0 Å². The molecular weight excluding hydrogens is 330 g/mol. The zero-order valence-corrected chi connectivity index (χ0v) is 13.1. The maximum Gasteiger partial charge on any atom is 0.335 e. The van der Waals surface area contributed by atoms with Crippen molar-refractivity contribution in [3.63, 3.8) is 0 Å². The Morgan fingerprint density at radius 2 is 2.00 bits per heavy atom. The summed E-state index contributed by atoms with van der Waals surface area (Å²) in [5, 5.41) is 10.2. The molecule has 0 radical (unpaired) electrons. The van der Waals surface area contributed by atoms with E-state index in [9.17, 15) is 4.79 Å². The molecule has 1 heterocycles. The molecule has 0 aliphatic rings. The summed E-state index contributed by atoms with van der Waals surface area (Å²) in [6.07, 6.45) is 2.06. The van der Waals surface area contributed by atoms with E-state index >= 15 is 0 Å². The van der Waals surface area contributed by atoms with Gasteiger partial charge < -0.3 is 9.67 Å². The van der Waals surface area contributed by atoms with Crippen LogP contribution in [-0.4, -0.2) is 15.6 Å². The van der Waals surface area contributed by atoms with E-state index in [0.29, 0.717) is 12.1 Å². The number of benzene rings is 2. The highest BCUT2D eigenvalue weighted by Crippen LogP contribution is 2.23. The third kappa shape index (κ3) is 2.72. The van der Waals surface area contributed by atoms with Crippen LogP contribution in [0.15, 0.2) is 53.1 Å². The third-order valence-electron chi connectivity index (χ3n) is 3.57. The molecule has 0 amide bonds. The molecule has 0 aliphatic heterocycles. The molecule has 0 bridgehead atoms. The monoisotopic (exact) mass is 343 g/mol. The van der Waals surface area contributed by atoms with Crippen LogP contribution in [0.25, 0.3) is 10.9 Å². The lowest BCUT2D eigenvalue weighted by Gasteiger charge is -2.09. The summed E-state index contributed by atoms with van der Waals surface area (Å²) in [6.45, 7) is 2.78. The zero-order chi connectivity index (χ0) is 15.0. The van der Waals surface area contributed by atoms with Crippen molar-refractivity contribution in [3.8, 4) is 0 Å². The highest BCUT2D eigenvalue weighted by molar-refractivity contribution is 9.10. The van der Waals surface area contributed by atoms with Gasteiger partial charge in [-0.3, -0.25) is 0 Å². The molecule has 2 aromatic carbocycles. The van der Waals surface area contributed by atoms with Crippen LogP contribution in [-0.2, 0) is 6.54 Å². The topological polar surface area (TPSA) is 42.2 Å².